The third-order valence-electron chi connectivity index (χ3n) is 2.86. The Morgan fingerprint density at radius 3 is 2.22 bits per heavy atom. The Balaban J connectivity index is 2.59. The van der Waals surface area contributed by atoms with E-state index in [1.165, 1.54) is 5.56 Å². The van der Waals surface area contributed by atoms with Crippen molar-refractivity contribution in [3.05, 3.63) is 35.4 Å². The van der Waals surface area contributed by atoms with E-state index in [0.29, 0.717) is 5.92 Å². The Kier molecular flexibility index (Phi) is 5.86. The van der Waals surface area contributed by atoms with Gasteiger partial charge in [-0.3, -0.25) is 9.69 Å². The number of hydrogen-bond acceptors (Lipinski definition) is 2. The van der Waals surface area contributed by atoms with Gasteiger partial charge < -0.3 is 5.11 Å². The summed E-state index contributed by atoms with van der Waals surface area (Å²) in [6.45, 7) is 9.67. The molecule has 0 radical (unpaired) electrons. The Morgan fingerprint density at radius 2 is 1.78 bits per heavy atom. The van der Waals surface area contributed by atoms with E-state index in [4.69, 9.17) is 5.11 Å². The molecule has 0 amide bonds. The lowest BCUT2D eigenvalue weighted by Gasteiger charge is -2.22. The Labute approximate surface area is 109 Å². The van der Waals surface area contributed by atoms with Crippen LogP contribution < -0.4 is 0 Å². The lowest BCUT2D eigenvalue weighted by atomic mass is 10.1. The molecule has 0 fully saturated rings. The van der Waals surface area contributed by atoms with Gasteiger partial charge >= 0.3 is 5.97 Å². The van der Waals surface area contributed by atoms with Gasteiger partial charge in [-0.05, 0) is 23.6 Å². The van der Waals surface area contributed by atoms with E-state index in [9.17, 15) is 4.79 Å². The minimum atomic E-state index is -0.780. The van der Waals surface area contributed by atoms with Crippen LogP contribution in [0.1, 0.15) is 31.9 Å². The van der Waals surface area contributed by atoms with Crippen LogP contribution >= 0.6 is 0 Å². The van der Waals surface area contributed by atoms with Gasteiger partial charge in [0.2, 0.25) is 0 Å². The van der Waals surface area contributed by atoms with Gasteiger partial charge in [0.05, 0.1) is 6.42 Å². The lowest BCUT2D eigenvalue weighted by molar-refractivity contribution is -0.136. The predicted octanol–water partition coefficient (Wildman–Crippen LogP) is 2.79. The molecule has 1 aromatic rings. The number of hydrogen-bond donors (Lipinski definition) is 1. The summed E-state index contributed by atoms with van der Waals surface area (Å²) in [7, 11) is 0. The molecule has 0 atom stereocenters. The fourth-order valence-electron chi connectivity index (χ4n) is 2.02. The van der Waals surface area contributed by atoms with Crippen molar-refractivity contribution < 1.29 is 9.90 Å². The van der Waals surface area contributed by atoms with Gasteiger partial charge in [-0.1, -0.05) is 45.0 Å². The van der Waals surface area contributed by atoms with E-state index in [1.54, 1.807) is 0 Å². The van der Waals surface area contributed by atoms with E-state index >= 15 is 0 Å². The fraction of sp³-hybridized carbons (Fsp3) is 0.533. The first-order chi connectivity index (χ1) is 8.51. The zero-order valence-electron chi connectivity index (χ0n) is 11.5. The molecule has 0 saturated heterocycles. The standard InChI is InChI=1S/C15H23NO2/c1-4-16(10-12(2)3)11-14-7-5-13(6-8-14)9-15(17)18/h5-8,12H,4,9-11H2,1-3H3,(H,17,18). The number of aliphatic carboxylic acids is 1. The van der Waals surface area contributed by atoms with Crippen LogP contribution in [-0.4, -0.2) is 29.1 Å². The molecule has 1 N–H and O–H groups in total. The number of carbonyl (C=O) groups is 1. The third kappa shape index (κ3) is 5.32. The number of carboxylic acids is 1. The molecule has 3 nitrogen and oxygen atoms in total. The van der Waals surface area contributed by atoms with Crippen molar-refractivity contribution in [3.63, 3.8) is 0 Å². The van der Waals surface area contributed by atoms with Crippen LogP contribution in [0.25, 0.3) is 0 Å². The van der Waals surface area contributed by atoms with Crippen LogP contribution in [0.15, 0.2) is 24.3 Å². The summed E-state index contributed by atoms with van der Waals surface area (Å²) < 4.78 is 0. The monoisotopic (exact) mass is 249 g/mol. The van der Waals surface area contributed by atoms with E-state index < -0.39 is 5.97 Å². The smallest absolute Gasteiger partial charge is 0.307 e. The second-order valence-electron chi connectivity index (χ2n) is 5.11. The number of rotatable bonds is 7. The highest BCUT2D eigenvalue weighted by atomic mass is 16.4. The molecule has 0 saturated carbocycles. The van der Waals surface area contributed by atoms with Gasteiger partial charge in [-0.2, -0.15) is 0 Å². The molecule has 0 aliphatic heterocycles. The van der Waals surface area contributed by atoms with E-state index in [1.807, 2.05) is 24.3 Å². The van der Waals surface area contributed by atoms with Gasteiger partial charge in [-0.15, -0.1) is 0 Å². The largest absolute Gasteiger partial charge is 0.481 e. The first-order valence-corrected chi connectivity index (χ1v) is 6.53. The first kappa shape index (κ1) is 14.7. The zero-order valence-corrected chi connectivity index (χ0v) is 11.5. The van der Waals surface area contributed by atoms with Crippen LogP contribution in [0.2, 0.25) is 0 Å². The number of carboxylic acid groups (broad SMARTS) is 1. The Bertz CT molecular complexity index is 371. The quantitative estimate of drug-likeness (QED) is 0.807. The third-order valence-corrected chi connectivity index (χ3v) is 2.86. The van der Waals surface area contributed by atoms with Gasteiger partial charge in [0.1, 0.15) is 0 Å². The average molecular weight is 249 g/mol. The van der Waals surface area contributed by atoms with E-state index in [2.05, 4.69) is 25.7 Å². The van der Waals surface area contributed by atoms with E-state index in [-0.39, 0.29) is 6.42 Å². The van der Waals surface area contributed by atoms with Crippen LogP contribution in [0.3, 0.4) is 0 Å². The topological polar surface area (TPSA) is 40.5 Å². The molecule has 0 unspecified atom stereocenters. The highest BCUT2D eigenvalue weighted by Gasteiger charge is 2.06. The summed E-state index contributed by atoms with van der Waals surface area (Å²) in [5.74, 6) is -0.117. The van der Waals surface area contributed by atoms with Crippen LogP contribution in [-0.2, 0) is 17.8 Å². The highest BCUT2D eigenvalue weighted by Crippen LogP contribution is 2.09. The van der Waals surface area contributed by atoms with Crippen molar-refractivity contribution in [3.8, 4) is 0 Å². The summed E-state index contributed by atoms with van der Waals surface area (Å²) >= 11 is 0. The van der Waals surface area contributed by atoms with Gasteiger partial charge in [0.15, 0.2) is 0 Å². The molecule has 0 spiro atoms. The van der Waals surface area contributed by atoms with Gasteiger partial charge in [0.25, 0.3) is 0 Å². The highest BCUT2D eigenvalue weighted by molar-refractivity contribution is 5.70. The van der Waals surface area contributed by atoms with Crippen LogP contribution in [0.5, 0.6) is 0 Å². The molecular formula is C15H23NO2. The molecule has 0 bridgehead atoms. The molecule has 0 heterocycles. The second kappa shape index (κ2) is 7.17. The van der Waals surface area contributed by atoms with Crippen molar-refractivity contribution in [1.29, 1.82) is 0 Å². The van der Waals surface area contributed by atoms with Crippen molar-refractivity contribution >= 4 is 5.97 Å². The van der Waals surface area contributed by atoms with Crippen molar-refractivity contribution in [2.45, 2.75) is 33.7 Å². The summed E-state index contributed by atoms with van der Waals surface area (Å²) in [6.07, 6.45) is 0.101. The van der Waals surface area contributed by atoms with Crippen LogP contribution in [0, 0.1) is 5.92 Å². The Hall–Kier alpha value is -1.35. The average Bonchev–Trinajstić information content (AvgIpc) is 2.29. The van der Waals surface area contributed by atoms with Crippen LogP contribution in [0.4, 0.5) is 0 Å². The van der Waals surface area contributed by atoms with Crippen molar-refractivity contribution in [1.82, 2.24) is 4.90 Å². The molecule has 0 aliphatic rings. The van der Waals surface area contributed by atoms with Crippen molar-refractivity contribution in [2.24, 2.45) is 5.92 Å². The minimum absolute atomic E-state index is 0.101. The molecule has 0 aliphatic carbocycles. The fourth-order valence-corrected chi connectivity index (χ4v) is 2.02. The lowest BCUT2D eigenvalue weighted by Crippen LogP contribution is -2.27. The maximum absolute atomic E-state index is 10.6. The van der Waals surface area contributed by atoms with Gasteiger partial charge in [0, 0.05) is 13.1 Å². The second-order valence-corrected chi connectivity index (χ2v) is 5.11. The Morgan fingerprint density at radius 1 is 1.22 bits per heavy atom. The first-order valence-electron chi connectivity index (χ1n) is 6.53. The normalized spacial score (nSPS) is 11.2. The summed E-state index contributed by atoms with van der Waals surface area (Å²) in [5, 5.41) is 8.71. The maximum atomic E-state index is 10.6. The van der Waals surface area contributed by atoms with E-state index in [0.717, 1.165) is 25.2 Å². The maximum Gasteiger partial charge on any atom is 0.307 e. The molecule has 1 aromatic carbocycles. The molecule has 0 aromatic heterocycles. The number of benzene rings is 1. The molecular weight excluding hydrogens is 226 g/mol. The zero-order chi connectivity index (χ0) is 13.5. The molecule has 3 heteroatoms. The summed E-state index contributed by atoms with van der Waals surface area (Å²) in [4.78, 5) is 13.0. The molecule has 1 rings (SSSR count). The summed E-state index contributed by atoms with van der Waals surface area (Å²) in [6, 6.07) is 7.88. The molecule has 18 heavy (non-hydrogen) atoms. The summed E-state index contributed by atoms with van der Waals surface area (Å²) in [5.41, 5.74) is 2.10. The predicted molar refractivity (Wildman–Crippen MR) is 73.6 cm³/mol. The molecule has 100 valence electrons. The minimum Gasteiger partial charge on any atom is -0.481 e. The van der Waals surface area contributed by atoms with Crippen molar-refractivity contribution in [2.75, 3.05) is 13.1 Å². The SMILES string of the molecule is CCN(Cc1ccc(CC(=O)O)cc1)CC(C)C. The van der Waals surface area contributed by atoms with Gasteiger partial charge in [-0.25, -0.2) is 0 Å². The number of nitrogens with zero attached hydrogens (tertiary/aromatic N) is 1.